The number of amides is 1. The van der Waals surface area contributed by atoms with E-state index < -0.39 is 0 Å². The number of rotatable bonds is 5. The lowest BCUT2D eigenvalue weighted by Crippen LogP contribution is -2.07. The first-order valence-electron chi connectivity index (χ1n) is 7.92. The van der Waals surface area contributed by atoms with Gasteiger partial charge in [-0.15, -0.1) is 5.10 Å². The first-order valence-corrected chi connectivity index (χ1v) is 8.90. The van der Waals surface area contributed by atoms with E-state index in [9.17, 15) is 4.79 Å². The Balaban J connectivity index is 1.54. The zero-order valence-electron chi connectivity index (χ0n) is 13.9. The van der Waals surface area contributed by atoms with Crippen molar-refractivity contribution in [1.29, 1.82) is 0 Å². The van der Waals surface area contributed by atoms with Gasteiger partial charge in [0.15, 0.2) is 0 Å². The molecule has 9 heteroatoms. The monoisotopic (exact) mass is 365 g/mol. The molecule has 1 amide bonds. The highest BCUT2D eigenvalue weighted by Gasteiger charge is 2.11. The molecule has 2 aromatic heterocycles. The van der Waals surface area contributed by atoms with Gasteiger partial charge in [0, 0.05) is 12.6 Å². The van der Waals surface area contributed by atoms with E-state index in [4.69, 9.17) is 0 Å². The van der Waals surface area contributed by atoms with Crippen LogP contribution in [0.3, 0.4) is 0 Å². The Morgan fingerprint density at radius 3 is 2.96 bits per heavy atom. The highest BCUT2D eigenvalue weighted by molar-refractivity contribution is 7.98. The molecule has 0 aliphatic carbocycles. The van der Waals surface area contributed by atoms with Crippen molar-refractivity contribution in [1.82, 2.24) is 30.2 Å². The second-order valence-corrected chi connectivity index (χ2v) is 6.54. The number of aromatic nitrogens is 6. The minimum Gasteiger partial charge on any atom is -0.341 e. The number of nitrogens with zero attached hydrogens (tertiary/aromatic N) is 5. The van der Waals surface area contributed by atoms with Crippen molar-refractivity contribution in [3.05, 3.63) is 54.4 Å². The second-order valence-electron chi connectivity index (χ2n) is 5.59. The number of carbonyl (C=O) groups excluding carboxylic acids is 1. The summed E-state index contributed by atoms with van der Waals surface area (Å²) in [5.74, 6) is 1.34. The third-order valence-corrected chi connectivity index (χ3v) is 4.56. The standard InChI is InChI=1S/C17H15N7OS/c1-11(25)18-12-5-4-6-13(9-12)24-17(21-22-23-24)26-10-16-19-14-7-2-3-8-15(14)20-16/h2-9H,10H2,1H3,(H,18,25)(H,19,20). The average molecular weight is 365 g/mol. The number of H-pyrrole nitrogens is 1. The number of anilines is 1. The molecule has 0 atom stereocenters. The summed E-state index contributed by atoms with van der Waals surface area (Å²) in [6, 6.07) is 15.3. The minimum absolute atomic E-state index is 0.127. The van der Waals surface area contributed by atoms with Gasteiger partial charge in [-0.2, -0.15) is 4.68 Å². The van der Waals surface area contributed by atoms with E-state index in [-0.39, 0.29) is 5.91 Å². The van der Waals surface area contributed by atoms with Crippen molar-refractivity contribution in [2.24, 2.45) is 0 Å². The van der Waals surface area contributed by atoms with Crippen LogP contribution in [0.2, 0.25) is 0 Å². The van der Waals surface area contributed by atoms with Crippen molar-refractivity contribution in [2.45, 2.75) is 17.8 Å². The summed E-state index contributed by atoms with van der Waals surface area (Å²) < 4.78 is 1.64. The molecule has 8 nitrogen and oxygen atoms in total. The Labute approximate surface area is 153 Å². The average Bonchev–Trinajstić information content (AvgIpc) is 3.26. The van der Waals surface area contributed by atoms with Gasteiger partial charge in [-0.1, -0.05) is 30.0 Å². The molecule has 0 radical (unpaired) electrons. The van der Waals surface area contributed by atoms with Gasteiger partial charge >= 0.3 is 0 Å². The highest BCUT2D eigenvalue weighted by atomic mass is 32.2. The van der Waals surface area contributed by atoms with E-state index in [2.05, 4.69) is 30.8 Å². The van der Waals surface area contributed by atoms with Gasteiger partial charge in [-0.05, 0) is 40.8 Å². The van der Waals surface area contributed by atoms with Crippen LogP contribution in [0.5, 0.6) is 0 Å². The molecule has 130 valence electrons. The molecule has 2 N–H and O–H groups in total. The van der Waals surface area contributed by atoms with Gasteiger partial charge < -0.3 is 10.3 Å². The number of hydrogen-bond acceptors (Lipinski definition) is 6. The lowest BCUT2D eigenvalue weighted by molar-refractivity contribution is -0.114. The van der Waals surface area contributed by atoms with Crippen LogP contribution in [0.15, 0.2) is 53.7 Å². The number of thioether (sulfide) groups is 1. The predicted molar refractivity (Wildman–Crippen MR) is 99.1 cm³/mol. The molecule has 0 aliphatic heterocycles. The van der Waals surface area contributed by atoms with E-state index >= 15 is 0 Å². The fourth-order valence-corrected chi connectivity index (χ4v) is 3.32. The number of aromatic amines is 1. The van der Waals surface area contributed by atoms with E-state index in [0.717, 1.165) is 22.5 Å². The fraction of sp³-hybridized carbons (Fsp3) is 0.118. The summed E-state index contributed by atoms with van der Waals surface area (Å²) in [5.41, 5.74) is 3.41. The Morgan fingerprint density at radius 2 is 2.12 bits per heavy atom. The number of tetrazole rings is 1. The summed E-state index contributed by atoms with van der Waals surface area (Å²) in [7, 11) is 0. The van der Waals surface area contributed by atoms with Crippen molar-refractivity contribution < 1.29 is 4.79 Å². The number of fused-ring (bicyclic) bond motifs is 1. The largest absolute Gasteiger partial charge is 0.341 e. The maximum atomic E-state index is 11.2. The topological polar surface area (TPSA) is 101 Å². The third kappa shape index (κ3) is 3.42. The molecular formula is C17H15N7OS. The summed E-state index contributed by atoms with van der Waals surface area (Å²) >= 11 is 1.48. The molecule has 4 rings (SSSR count). The van der Waals surface area contributed by atoms with Gasteiger partial charge in [0.2, 0.25) is 11.1 Å². The van der Waals surface area contributed by atoms with Crippen LogP contribution in [-0.4, -0.2) is 36.1 Å². The maximum Gasteiger partial charge on any atom is 0.221 e. The van der Waals surface area contributed by atoms with E-state index in [0.29, 0.717) is 16.6 Å². The summed E-state index contributed by atoms with van der Waals surface area (Å²) in [5, 5.41) is 15.3. The molecule has 0 bridgehead atoms. The van der Waals surface area contributed by atoms with E-state index in [1.54, 1.807) is 4.68 Å². The first kappa shape index (κ1) is 16.3. The van der Waals surface area contributed by atoms with Gasteiger partial charge in [0.05, 0.1) is 22.5 Å². The zero-order valence-corrected chi connectivity index (χ0v) is 14.7. The van der Waals surface area contributed by atoms with Crippen LogP contribution in [0.25, 0.3) is 16.7 Å². The van der Waals surface area contributed by atoms with Crippen molar-refractivity contribution in [3.63, 3.8) is 0 Å². The molecule has 4 aromatic rings. The van der Waals surface area contributed by atoms with E-state index in [1.807, 2.05) is 48.5 Å². The minimum atomic E-state index is -0.127. The molecule has 0 saturated carbocycles. The number of hydrogen-bond donors (Lipinski definition) is 2. The Kier molecular flexibility index (Phi) is 4.36. The van der Waals surface area contributed by atoms with Crippen LogP contribution >= 0.6 is 11.8 Å². The molecule has 0 aliphatic rings. The molecule has 0 unspecified atom stereocenters. The molecule has 2 heterocycles. The molecular weight excluding hydrogens is 350 g/mol. The Morgan fingerprint density at radius 1 is 1.23 bits per heavy atom. The number of benzene rings is 2. The molecule has 0 fully saturated rings. The van der Waals surface area contributed by atoms with Gasteiger partial charge in [-0.25, -0.2) is 4.98 Å². The SMILES string of the molecule is CC(=O)Nc1cccc(-n2nnnc2SCc2nc3ccccc3[nH]2)c1. The fourth-order valence-electron chi connectivity index (χ4n) is 2.56. The summed E-state index contributed by atoms with van der Waals surface area (Å²) in [6.45, 7) is 1.47. The summed E-state index contributed by atoms with van der Waals surface area (Å²) in [4.78, 5) is 19.1. The van der Waals surface area contributed by atoms with Gasteiger partial charge in [-0.3, -0.25) is 4.79 Å². The van der Waals surface area contributed by atoms with Crippen LogP contribution in [0.4, 0.5) is 5.69 Å². The van der Waals surface area contributed by atoms with Crippen LogP contribution in [-0.2, 0) is 10.5 Å². The number of imidazole rings is 1. The van der Waals surface area contributed by atoms with Crippen molar-refractivity contribution >= 4 is 34.4 Å². The molecule has 0 spiro atoms. The van der Waals surface area contributed by atoms with Crippen molar-refractivity contribution in [2.75, 3.05) is 5.32 Å². The van der Waals surface area contributed by atoms with Gasteiger partial charge in [0.1, 0.15) is 5.82 Å². The zero-order chi connectivity index (χ0) is 17.9. The normalized spacial score (nSPS) is 11.0. The third-order valence-electron chi connectivity index (χ3n) is 3.63. The second kappa shape index (κ2) is 6.96. The molecule has 0 saturated heterocycles. The van der Waals surface area contributed by atoms with Crippen LogP contribution < -0.4 is 5.32 Å². The smallest absolute Gasteiger partial charge is 0.221 e. The number of carbonyl (C=O) groups is 1. The highest BCUT2D eigenvalue weighted by Crippen LogP contribution is 2.23. The Bertz CT molecular complexity index is 1040. The lowest BCUT2D eigenvalue weighted by atomic mass is 10.3. The van der Waals surface area contributed by atoms with Gasteiger partial charge in [0.25, 0.3) is 0 Å². The Hall–Kier alpha value is -3.20. The maximum absolute atomic E-state index is 11.2. The molecule has 2 aromatic carbocycles. The lowest BCUT2D eigenvalue weighted by Gasteiger charge is -2.06. The van der Waals surface area contributed by atoms with Crippen LogP contribution in [0, 0.1) is 0 Å². The van der Waals surface area contributed by atoms with E-state index in [1.165, 1.54) is 18.7 Å². The quantitative estimate of drug-likeness (QED) is 0.527. The molecule has 26 heavy (non-hydrogen) atoms. The predicted octanol–water partition coefficient (Wildman–Crippen LogP) is 2.79. The number of nitrogens with one attached hydrogen (secondary N) is 2. The first-order chi connectivity index (χ1) is 12.7. The number of para-hydroxylation sites is 2. The van der Waals surface area contributed by atoms with Crippen molar-refractivity contribution in [3.8, 4) is 5.69 Å². The van der Waals surface area contributed by atoms with Crippen LogP contribution in [0.1, 0.15) is 12.7 Å². The summed E-state index contributed by atoms with van der Waals surface area (Å²) in [6.07, 6.45) is 0.